The second-order valence-corrected chi connectivity index (χ2v) is 8.11. The maximum absolute atomic E-state index is 5.35. The number of hydrogen-bond acceptors (Lipinski definition) is 12. The molecule has 0 saturated heterocycles. The molecule has 0 aliphatic rings. The van der Waals surface area contributed by atoms with Crippen LogP contribution in [0.3, 0.4) is 0 Å². The van der Waals surface area contributed by atoms with E-state index in [0.29, 0.717) is 132 Å². The highest BCUT2D eigenvalue weighted by Gasteiger charge is 1.94. The minimum absolute atomic E-state index is 0.577. The van der Waals surface area contributed by atoms with Gasteiger partial charge in [-0.05, 0) is 12.8 Å². The van der Waals surface area contributed by atoms with Crippen molar-refractivity contribution in [2.24, 2.45) is 0 Å². The third kappa shape index (κ3) is 266. The molecule has 0 bridgehead atoms. The van der Waals surface area contributed by atoms with Gasteiger partial charge < -0.3 is 56.8 Å². The third-order valence-electron chi connectivity index (χ3n) is 4.54. The van der Waals surface area contributed by atoms with E-state index in [0.717, 1.165) is 26.1 Å². The van der Waals surface area contributed by atoms with Crippen LogP contribution in [0.2, 0.25) is 0 Å². The third-order valence-corrected chi connectivity index (χ3v) is 4.54. The zero-order chi connectivity index (χ0) is 59.5. The van der Waals surface area contributed by atoms with Crippen LogP contribution < -0.4 is 0 Å². The van der Waals surface area contributed by atoms with E-state index < -0.39 is 0 Å². The van der Waals surface area contributed by atoms with Gasteiger partial charge in [-0.25, -0.2) is 0 Å². The molecule has 12 nitrogen and oxygen atoms in total. The first-order chi connectivity index (χ1) is 34.8. The van der Waals surface area contributed by atoms with E-state index in [4.69, 9.17) is 56.8 Å². The molecular weight excluding hydrogens is 889 g/mol. The first-order valence-electron chi connectivity index (χ1n) is 29.6. The topological polar surface area (TPSA) is 111 Å². The Kier molecular flexibility index (Phi) is 419. The summed E-state index contributed by atoms with van der Waals surface area (Å²) >= 11 is 0. The van der Waals surface area contributed by atoms with Crippen molar-refractivity contribution < 1.29 is 56.8 Å². The highest BCUT2D eigenvalue weighted by Crippen LogP contribution is 1.86. The maximum Gasteiger partial charge on any atom is 0.0701 e. The van der Waals surface area contributed by atoms with Crippen LogP contribution >= 0.6 is 0 Å². The molecule has 0 amide bonds. The van der Waals surface area contributed by atoms with Crippen LogP contribution in [0.1, 0.15) is 234 Å². The van der Waals surface area contributed by atoms with Crippen molar-refractivity contribution in [3.63, 3.8) is 0 Å². The van der Waals surface area contributed by atoms with Gasteiger partial charge in [-0.1, -0.05) is 222 Å². The van der Waals surface area contributed by atoms with Crippen molar-refractivity contribution in [2.45, 2.75) is 234 Å². The first kappa shape index (κ1) is 118. The van der Waals surface area contributed by atoms with Gasteiger partial charge in [-0.3, -0.25) is 0 Å². The Hall–Kier alpha value is -0.480. The lowest BCUT2D eigenvalue weighted by Gasteiger charge is -2.07. The smallest absolute Gasteiger partial charge is 0.0701 e. The van der Waals surface area contributed by atoms with Crippen molar-refractivity contribution >= 4 is 0 Å². The van der Waals surface area contributed by atoms with E-state index in [1.807, 2.05) is 208 Å². The van der Waals surface area contributed by atoms with Gasteiger partial charge in [0.2, 0.25) is 0 Å². The first-order valence-corrected chi connectivity index (χ1v) is 29.6. The highest BCUT2D eigenvalue weighted by atomic mass is 16.6. The molecule has 0 heterocycles. The summed E-state index contributed by atoms with van der Waals surface area (Å²) in [7, 11) is 3.30. The quantitative estimate of drug-likeness (QED) is 0.0572. The molecule has 0 aromatic carbocycles. The molecule has 0 aromatic heterocycles. The summed E-state index contributed by atoms with van der Waals surface area (Å²) in [6, 6.07) is 0. The molecule has 0 radical (unpaired) electrons. The largest absolute Gasteiger partial charge is 0.382 e. The summed E-state index contributed by atoms with van der Waals surface area (Å²) in [6.45, 7) is 77.8. The van der Waals surface area contributed by atoms with Gasteiger partial charge >= 0.3 is 0 Å². The van der Waals surface area contributed by atoms with Crippen LogP contribution in [0.25, 0.3) is 0 Å². The normalized spacial score (nSPS) is 7.63. The van der Waals surface area contributed by atoms with Crippen LogP contribution in [0.4, 0.5) is 0 Å². The van der Waals surface area contributed by atoms with Crippen LogP contribution in [0, 0.1) is 0 Å². The number of methoxy groups -OCH3 is 2. The molecule has 12 heteroatoms. The van der Waals surface area contributed by atoms with Crippen LogP contribution in [0.5, 0.6) is 0 Å². The second kappa shape index (κ2) is 248. The molecule has 0 N–H and O–H groups in total. The molecule has 0 spiro atoms. The highest BCUT2D eigenvalue weighted by molar-refractivity contribution is 4.37. The van der Waals surface area contributed by atoms with Gasteiger partial charge in [0.15, 0.2) is 0 Å². The van der Waals surface area contributed by atoms with E-state index >= 15 is 0 Å². The van der Waals surface area contributed by atoms with Gasteiger partial charge in [-0.15, -0.1) is 0 Å². The van der Waals surface area contributed by atoms with Gasteiger partial charge in [0.05, 0.1) is 132 Å². The Morgan fingerprint density at radius 3 is 0.314 bits per heavy atom. The Labute approximate surface area is 449 Å². The van der Waals surface area contributed by atoms with E-state index in [-0.39, 0.29) is 0 Å². The maximum atomic E-state index is 5.35. The second-order valence-electron chi connectivity index (χ2n) is 8.11. The summed E-state index contributed by atoms with van der Waals surface area (Å²) in [4.78, 5) is 0. The molecule has 0 aliphatic heterocycles. The molecule has 70 heavy (non-hydrogen) atoms. The Bertz CT molecular complexity index is 347. The molecule has 0 atom stereocenters. The molecular formula is C58H150O12. The van der Waals surface area contributed by atoms with Crippen LogP contribution in [-0.2, 0) is 56.8 Å². The van der Waals surface area contributed by atoms with Crippen molar-refractivity contribution in [2.75, 3.05) is 160 Å². The SMILES string of the molecule is CC.CC.CC.CC.CC.CC.CC.CC.CC.CC.CC.CC.CC.CC.CC.CCCOCCOCCOCCOCCOCCOC.CCCOCCOCCOCCOCCOCCOC. The lowest BCUT2D eigenvalue weighted by atomic mass is 10.5. The minimum Gasteiger partial charge on any atom is -0.382 e. The average molecular weight is 1040 g/mol. The van der Waals surface area contributed by atoms with Crippen molar-refractivity contribution in [1.82, 2.24) is 0 Å². The summed E-state index contributed by atoms with van der Waals surface area (Å²) in [5.41, 5.74) is 0. The molecule has 0 aromatic rings. The van der Waals surface area contributed by atoms with Crippen LogP contribution in [-0.4, -0.2) is 160 Å². The zero-order valence-corrected chi connectivity index (χ0v) is 55.9. The fourth-order valence-corrected chi connectivity index (χ4v) is 2.54. The van der Waals surface area contributed by atoms with Gasteiger partial charge in [-0.2, -0.15) is 0 Å². The van der Waals surface area contributed by atoms with Gasteiger partial charge in [0.1, 0.15) is 0 Å². The fraction of sp³-hybridized carbons (Fsp3) is 1.00. The summed E-state index contributed by atoms with van der Waals surface area (Å²) in [6.07, 6.45) is 2.08. The predicted molar refractivity (Wildman–Crippen MR) is 323 cm³/mol. The van der Waals surface area contributed by atoms with E-state index in [2.05, 4.69) is 13.8 Å². The van der Waals surface area contributed by atoms with Crippen molar-refractivity contribution in [1.29, 1.82) is 0 Å². The van der Waals surface area contributed by atoms with Gasteiger partial charge in [0, 0.05) is 27.4 Å². The molecule has 0 rings (SSSR count). The molecule has 0 unspecified atom stereocenters. The molecule has 454 valence electrons. The van der Waals surface area contributed by atoms with Crippen LogP contribution in [0.15, 0.2) is 0 Å². The molecule has 0 aliphatic carbocycles. The van der Waals surface area contributed by atoms with E-state index in [1.54, 1.807) is 14.2 Å². The van der Waals surface area contributed by atoms with Gasteiger partial charge in [0.25, 0.3) is 0 Å². The monoisotopic (exact) mass is 1040 g/mol. The summed E-state index contributed by atoms with van der Waals surface area (Å²) in [5.74, 6) is 0. The number of hydrogen-bond donors (Lipinski definition) is 0. The standard InChI is InChI=1S/2C14H30O6.15C2H6/c2*1-3-4-16-7-8-18-11-12-20-14-13-19-10-9-17-6-5-15-2;15*1-2/h2*3-14H2,1-2H3;15*1-2H3. The lowest BCUT2D eigenvalue weighted by molar-refractivity contribution is -0.0146. The van der Waals surface area contributed by atoms with Crippen molar-refractivity contribution in [3.8, 4) is 0 Å². The van der Waals surface area contributed by atoms with Crippen molar-refractivity contribution in [3.05, 3.63) is 0 Å². The lowest BCUT2D eigenvalue weighted by Crippen LogP contribution is -2.13. The van der Waals surface area contributed by atoms with E-state index in [9.17, 15) is 0 Å². The molecule has 0 fully saturated rings. The average Bonchev–Trinajstić information content (AvgIpc) is 3.49. The summed E-state index contributed by atoms with van der Waals surface area (Å²) < 4.78 is 62.8. The molecule has 0 saturated carbocycles. The van der Waals surface area contributed by atoms with E-state index in [1.165, 1.54) is 0 Å². The Morgan fingerprint density at radius 2 is 0.229 bits per heavy atom. The Morgan fingerprint density at radius 1 is 0.143 bits per heavy atom. The minimum atomic E-state index is 0.577. The number of rotatable bonds is 34. The zero-order valence-electron chi connectivity index (χ0n) is 55.9. The summed E-state index contributed by atoms with van der Waals surface area (Å²) in [5, 5.41) is 0. The fourth-order valence-electron chi connectivity index (χ4n) is 2.54. The Balaban J connectivity index is -0.0000000346. The predicted octanol–water partition coefficient (Wildman–Crippen LogP) is 17.6. The number of ether oxygens (including phenoxy) is 12.